The summed E-state index contributed by atoms with van der Waals surface area (Å²) in [5.41, 5.74) is 3.89. The quantitative estimate of drug-likeness (QED) is 0.0848. The first-order chi connectivity index (χ1) is 22.6. The summed E-state index contributed by atoms with van der Waals surface area (Å²) in [5.74, 6) is 0.603. The third-order valence-electron chi connectivity index (χ3n) is 9.02. The predicted octanol–water partition coefficient (Wildman–Crippen LogP) is 9.77. The van der Waals surface area contributed by atoms with Crippen LogP contribution in [-0.4, -0.2) is 43.1 Å². The third-order valence-corrected chi connectivity index (χ3v) is 9.02. The van der Waals surface area contributed by atoms with Gasteiger partial charge in [0, 0.05) is 49.7 Å². The van der Waals surface area contributed by atoms with Gasteiger partial charge >= 0.3 is 0 Å². The number of rotatable bonds is 22. The van der Waals surface area contributed by atoms with Crippen LogP contribution in [-0.2, 0) is 26.2 Å². The van der Waals surface area contributed by atoms with Crippen LogP contribution in [0.3, 0.4) is 0 Å². The van der Waals surface area contributed by atoms with Crippen molar-refractivity contribution in [3.8, 4) is 11.5 Å². The number of hydrogen-bond acceptors (Lipinski definition) is 6. The molecule has 0 fully saturated rings. The van der Waals surface area contributed by atoms with Crippen LogP contribution in [0.1, 0.15) is 113 Å². The molecule has 0 bridgehead atoms. The van der Waals surface area contributed by atoms with E-state index in [9.17, 15) is 10.2 Å². The first-order valence-electron chi connectivity index (χ1n) is 17.8. The average molecular weight is 625 g/mol. The molecule has 2 N–H and O–H groups in total. The van der Waals surface area contributed by atoms with Crippen LogP contribution >= 0.6 is 0 Å². The third kappa shape index (κ3) is 11.4. The Morgan fingerprint density at radius 2 is 0.891 bits per heavy atom. The van der Waals surface area contributed by atoms with Crippen molar-refractivity contribution < 1.29 is 10.2 Å². The van der Waals surface area contributed by atoms with E-state index in [0.717, 1.165) is 72.3 Å². The van der Waals surface area contributed by atoms with Crippen LogP contribution in [0.4, 0.5) is 0 Å². The summed E-state index contributed by atoms with van der Waals surface area (Å²) in [6, 6.07) is 19.7. The summed E-state index contributed by atoms with van der Waals surface area (Å²) in [5, 5.41) is 24.4. The number of unbranched alkanes of at least 4 members (excludes halogenated alkanes) is 10. The molecular weight excluding hydrogens is 568 g/mol. The molecule has 248 valence electrons. The Hall–Kier alpha value is -3.48. The standard InChI is InChI=1S/C40H56N4O2/c1-3-5-7-9-11-17-27-43(29-33-19-13-15-25-41-33)31-37-35-21-24-40(46)38(36(35)22-23-39(37)45)32-44(28-18-12-10-8-6-4-2)30-34-20-14-16-26-42-34/h13-16,19-26,45-46H,3-12,17-18,27-32H2,1-2H3. The molecule has 2 aromatic carbocycles. The van der Waals surface area contributed by atoms with Gasteiger partial charge < -0.3 is 10.2 Å². The average Bonchev–Trinajstić information content (AvgIpc) is 3.07. The van der Waals surface area contributed by atoms with Crippen molar-refractivity contribution in [1.82, 2.24) is 19.8 Å². The van der Waals surface area contributed by atoms with Crippen LogP contribution in [0.2, 0.25) is 0 Å². The van der Waals surface area contributed by atoms with E-state index in [1.54, 1.807) is 12.1 Å². The van der Waals surface area contributed by atoms with Crippen LogP contribution in [0, 0.1) is 0 Å². The van der Waals surface area contributed by atoms with Crippen LogP contribution in [0.15, 0.2) is 73.1 Å². The maximum Gasteiger partial charge on any atom is 0.120 e. The molecule has 4 aromatic rings. The van der Waals surface area contributed by atoms with E-state index in [2.05, 4.69) is 45.7 Å². The van der Waals surface area contributed by atoms with Gasteiger partial charge in [-0.05, 0) is 73.1 Å². The highest BCUT2D eigenvalue weighted by Crippen LogP contribution is 2.35. The van der Waals surface area contributed by atoms with Gasteiger partial charge in [0.15, 0.2) is 0 Å². The minimum Gasteiger partial charge on any atom is -0.508 e. The Balaban J connectivity index is 1.56. The highest BCUT2D eigenvalue weighted by atomic mass is 16.3. The lowest BCUT2D eigenvalue weighted by atomic mass is 9.97. The molecule has 0 saturated heterocycles. The first kappa shape index (κ1) is 35.4. The van der Waals surface area contributed by atoms with E-state index in [0.29, 0.717) is 24.6 Å². The fourth-order valence-electron chi connectivity index (χ4n) is 6.39. The molecule has 4 rings (SSSR count). The van der Waals surface area contributed by atoms with E-state index in [4.69, 9.17) is 0 Å². The van der Waals surface area contributed by atoms with Gasteiger partial charge in [0.2, 0.25) is 0 Å². The zero-order valence-corrected chi connectivity index (χ0v) is 28.3. The first-order valence-corrected chi connectivity index (χ1v) is 17.8. The number of benzene rings is 2. The zero-order valence-electron chi connectivity index (χ0n) is 28.3. The second kappa shape index (κ2) is 19.9. The number of pyridine rings is 2. The predicted molar refractivity (Wildman–Crippen MR) is 191 cm³/mol. The summed E-state index contributed by atoms with van der Waals surface area (Å²) in [6.07, 6.45) is 18.6. The molecule has 0 radical (unpaired) electrons. The lowest BCUT2D eigenvalue weighted by Crippen LogP contribution is -2.25. The van der Waals surface area contributed by atoms with Crippen LogP contribution in [0.5, 0.6) is 11.5 Å². The Labute approximate surface area is 277 Å². The molecule has 0 amide bonds. The molecule has 6 heteroatoms. The maximum absolute atomic E-state index is 11.2. The van der Waals surface area contributed by atoms with Crippen molar-refractivity contribution in [2.45, 2.75) is 117 Å². The van der Waals surface area contributed by atoms with Crippen molar-refractivity contribution in [2.24, 2.45) is 0 Å². The van der Waals surface area contributed by atoms with Gasteiger partial charge in [0.25, 0.3) is 0 Å². The molecule has 0 spiro atoms. The lowest BCUT2D eigenvalue weighted by Gasteiger charge is -2.25. The highest BCUT2D eigenvalue weighted by Gasteiger charge is 2.19. The van der Waals surface area contributed by atoms with Gasteiger partial charge in [-0.2, -0.15) is 0 Å². The molecule has 0 saturated carbocycles. The lowest BCUT2D eigenvalue weighted by molar-refractivity contribution is 0.244. The zero-order chi connectivity index (χ0) is 32.4. The fraction of sp³-hybridized carbons (Fsp3) is 0.500. The Bertz CT molecular complexity index is 1300. The molecule has 0 atom stereocenters. The summed E-state index contributed by atoms with van der Waals surface area (Å²) in [7, 11) is 0. The van der Waals surface area contributed by atoms with Gasteiger partial charge in [-0.25, -0.2) is 0 Å². The topological polar surface area (TPSA) is 72.7 Å². The van der Waals surface area contributed by atoms with Crippen LogP contribution < -0.4 is 0 Å². The summed E-state index contributed by atoms with van der Waals surface area (Å²) in [6.45, 7) is 9.09. The fourth-order valence-corrected chi connectivity index (χ4v) is 6.39. The molecule has 2 heterocycles. The minimum atomic E-state index is 0.301. The Morgan fingerprint density at radius 1 is 0.478 bits per heavy atom. The minimum absolute atomic E-state index is 0.301. The Kier molecular flexibility index (Phi) is 15.3. The van der Waals surface area contributed by atoms with Crippen molar-refractivity contribution >= 4 is 10.8 Å². The molecular formula is C40H56N4O2. The molecule has 0 aliphatic heterocycles. The number of aromatic nitrogens is 2. The Morgan fingerprint density at radius 3 is 1.28 bits per heavy atom. The SMILES string of the molecule is CCCCCCCCN(Cc1ccccn1)Cc1c(O)ccc2c(CN(CCCCCCCC)Cc3ccccn3)c(O)ccc12. The second-order valence-corrected chi connectivity index (χ2v) is 12.8. The largest absolute Gasteiger partial charge is 0.508 e. The number of fused-ring (bicyclic) bond motifs is 1. The summed E-state index contributed by atoms with van der Waals surface area (Å²) < 4.78 is 0. The van der Waals surface area contributed by atoms with E-state index in [-0.39, 0.29) is 0 Å². The monoisotopic (exact) mass is 624 g/mol. The second-order valence-electron chi connectivity index (χ2n) is 12.8. The van der Waals surface area contributed by atoms with Gasteiger partial charge in [-0.3, -0.25) is 19.8 Å². The number of nitrogens with zero attached hydrogens (tertiary/aromatic N) is 4. The van der Waals surface area contributed by atoms with Gasteiger partial charge in [-0.1, -0.05) is 102 Å². The highest BCUT2D eigenvalue weighted by molar-refractivity contribution is 5.92. The number of aromatic hydroxyl groups is 2. The van der Waals surface area contributed by atoms with E-state index < -0.39 is 0 Å². The number of phenolic OH excluding ortho intramolecular Hbond substituents is 2. The smallest absolute Gasteiger partial charge is 0.120 e. The normalized spacial score (nSPS) is 11.7. The summed E-state index contributed by atoms with van der Waals surface area (Å²) >= 11 is 0. The van der Waals surface area contributed by atoms with Crippen molar-refractivity contribution in [1.29, 1.82) is 0 Å². The molecule has 0 aliphatic carbocycles. The summed E-state index contributed by atoms with van der Waals surface area (Å²) in [4.78, 5) is 14.0. The molecule has 2 aromatic heterocycles. The van der Waals surface area contributed by atoms with E-state index in [1.807, 2.05) is 48.8 Å². The van der Waals surface area contributed by atoms with Gasteiger partial charge in [0.1, 0.15) is 11.5 Å². The number of hydrogen-bond donors (Lipinski definition) is 2. The van der Waals surface area contributed by atoms with Crippen LogP contribution in [0.25, 0.3) is 10.8 Å². The maximum atomic E-state index is 11.2. The molecule has 0 unspecified atom stereocenters. The van der Waals surface area contributed by atoms with E-state index in [1.165, 1.54) is 64.2 Å². The van der Waals surface area contributed by atoms with Gasteiger partial charge in [0.05, 0.1) is 11.4 Å². The van der Waals surface area contributed by atoms with Crippen molar-refractivity contribution in [3.05, 3.63) is 95.6 Å². The van der Waals surface area contributed by atoms with Crippen molar-refractivity contribution in [2.75, 3.05) is 13.1 Å². The number of phenols is 2. The van der Waals surface area contributed by atoms with Crippen molar-refractivity contribution in [3.63, 3.8) is 0 Å². The van der Waals surface area contributed by atoms with Gasteiger partial charge in [-0.15, -0.1) is 0 Å². The molecule has 46 heavy (non-hydrogen) atoms. The van der Waals surface area contributed by atoms with E-state index >= 15 is 0 Å². The molecule has 6 nitrogen and oxygen atoms in total. The molecule has 0 aliphatic rings.